The molecule has 1 aliphatic carbocycles. The van der Waals surface area contributed by atoms with Gasteiger partial charge >= 0.3 is 0 Å². The molecule has 0 spiro atoms. The van der Waals surface area contributed by atoms with Gasteiger partial charge in [-0.2, -0.15) is 5.10 Å². The Morgan fingerprint density at radius 1 is 1.26 bits per heavy atom. The summed E-state index contributed by atoms with van der Waals surface area (Å²) < 4.78 is 34.3. The molecule has 2 fully saturated rings. The summed E-state index contributed by atoms with van der Waals surface area (Å²) in [5, 5.41) is 8.70. The van der Waals surface area contributed by atoms with Crippen molar-refractivity contribution in [3.05, 3.63) is 52.7 Å². The van der Waals surface area contributed by atoms with Gasteiger partial charge in [-0.15, -0.1) is 0 Å². The molecule has 0 unspecified atom stereocenters. The van der Waals surface area contributed by atoms with Crippen LogP contribution in [0, 0.1) is 5.41 Å². The van der Waals surface area contributed by atoms with E-state index in [1.54, 1.807) is 36.0 Å². The number of hydrogen-bond acceptors (Lipinski definition) is 5. The van der Waals surface area contributed by atoms with E-state index in [9.17, 15) is 13.2 Å². The normalized spacial score (nSPS) is 17.4. The first kappa shape index (κ1) is 23.1. The number of halogens is 1. The number of fused-ring (bicyclic) bond motifs is 1. The van der Waals surface area contributed by atoms with Crippen molar-refractivity contribution >= 4 is 44.1 Å². The molecule has 1 aliphatic heterocycles. The molecule has 1 saturated carbocycles. The van der Waals surface area contributed by atoms with Crippen LogP contribution >= 0.6 is 11.6 Å². The Balaban J connectivity index is 1.73. The van der Waals surface area contributed by atoms with Gasteiger partial charge in [0, 0.05) is 29.4 Å². The molecular formula is C24H27ClN4O4S. The zero-order chi connectivity index (χ0) is 24.3. The van der Waals surface area contributed by atoms with Crippen LogP contribution in [0.1, 0.15) is 41.7 Å². The fourth-order valence-electron chi connectivity index (χ4n) is 4.45. The van der Waals surface area contributed by atoms with Crippen LogP contribution in [0.3, 0.4) is 0 Å². The van der Waals surface area contributed by atoms with Gasteiger partial charge in [-0.05, 0) is 60.7 Å². The fraction of sp³-hybridized carbons (Fsp3) is 0.417. The Bertz CT molecular complexity index is 1380. The number of ether oxygens (including phenoxy) is 1. The predicted molar refractivity (Wildman–Crippen MR) is 133 cm³/mol. The number of amides is 1. The lowest BCUT2D eigenvalue weighted by molar-refractivity contribution is -0.0940. The van der Waals surface area contributed by atoms with Crippen LogP contribution in [0.5, 0.6) is 0 Å². The lowest BCUT2D eigenvalue weighted by Gasteiger charge is -2.42. The molecule has 1 saturated heterocycles. The molecule has 1 aromatic heterocycles. The van der Waals surface area contributed by atoms with Crippen molar-refractivity contribution in [2.75, 3.05) is 37.4 Å². The molecule has 0 radical (unpaired) electrons. The fourth-order valence-corrected chi connectivity index (χ4v) is 5.64. The molecule has 1 N–H and O–H groups in total. The number of sulfonamides is 1. The third kappa shape index (κ3) is 4.16. The van der Waals surface area contributed by atoms with Crippen LogP contribution in [0.25, 0.3) is 16.6 Å². The minimum atomic E-state index is -3.56. The van der Waals surface area contributed by atoms with E-state index < -0.39 is 10.0 Å². The van der Waals surface area contributed by atoms with Crippen molar-refractivity contribution in [2.45, 2.75) is 25.7 Å². The van der Waals surface area contributed by atoms with E-state index >= 15 is 0 Å². The van der Waals surface area contributed by atoms with Gasteiger partial charge in [0.15, 0.2) is 0 Å². The average molecular weight is 503 g/mol. The van der Waals surface area contributed by atoms with Gasteiger partial charge < -0.3 is 10.1 Å². The highest BCUT2D eigenvalue weighted by Crippen LogP contribution is 2.47. The predicted octanol–water partition coefficient (Wildman–Crippen LogP) is 3.72. The van der Waals surface area contributed by atoms with Crippen molar-refractivity contribution in [3.63, 3.8) is 0 Å². The second-order valence-corrected chi connectivity index (χ2v) is 11.9. The summed E-state index contributed by atoms with van der Waals surface area (Å²) >= 11 is 6.06. The standard InChI is InChI=1S/C24H27ClN4O4S/c1-24(13-33-14-24)12-28(34(3,31)32)21-11-20-19(10-18(21)15-4-5-15)22(23(30)26-2)29(27-20)17-8-6-16(25)7-9-17/h6-11,15H,4-5,12-14H2,1-3H3,(H,26,30). The number of nitrogens with one attached hydrogen (secondary N) is 1. The molecular weight excluding hydrogens is 476 g/mol. The summed E-state index contributed by atoms with van der Waals surface area (Å²) in [5.41, 5.74) is 2.97. The van der Waals surface area contributed by atoms with E-state index in [0.717, 1.165) is 18.4 Å². The number of aromatic nitrogens is 2. The minimum absolute atomic E-state index is 0.241. The molecule has 0 bridgehead atoms. The molecule has 5 rings (SSSR count). The third-order valence-corrected chi connectivity index (χ3v) is 7.82. The van der Waals surface area contributed by atoms with Gasteiger partial charge in [0.1, 0.15) is 5.69 Å². The molecule has 1 amide bonds. The van der Waals surface area contributed by atoms with Crippen LogP contribution in [0.4, 0.5) is 5.69 Å². The zero-order valence-electron chi connectivity index (χ0n) is 19.3. The summed E-state index contributed by atoms with van der Waals surface area (Å²) in [6, 6.07) is 10.8. The second-order valence-electron chi connectivity index (χ2n) is 9.59. The Kier molecular flexibility index (Phi) is 5.61. The summed E-state index contributed by atoms with van der Waals surface area (Å²) in [6.07, 6.45) is 3.20. The van der Waals surface area contributed by atoms with Gasteiger partial charge in [-0.25, -0.2) is 13.1 Å². The Hall–Kier alpha value is -2.62. The van der Waals surface area contributed by atoms with Gasteiger partial charge in [0.2, 0.25) is 10.0 Å². The van der Waals surface area contributed by atoms with Crippen LogP contribution in [0.15, 0.2) is 36.4 Å². The SMILES string of the molecule is CNC(=O)c1c2cc(C3CC3)c(N(CC3(C)COC3)S(C)(=O)=O)cc2nn1-c1ccc(Cl)cc1. The number of rotatable bonds is 7. The van der Waals surface area contributed by atoms with Gasteiger partial charge in [0.25, 0.3) is 5.91 Å². The van der Waals surface area contributed by atoms with Crippen molar-refractivity contribution in [1.82, 2.24) is 15.1 Å². The van der Waals surface area contributed by atoms with Crippen molar-refractivity contribution < 1.29 is 17.9 Å². The Labute approximate surface area is 203 Å². The highest BCUT2D eigenvalue weighted by atomic mass is 35.5. The van der Waals surface area contributed by atoms with Gasteiger partial charge in [0.05, 0.1) is 36.4 Å². The maximum Gasteiger partial charge on any atom is 0.270 e. The number of benzene rings is 2. The summed E-state index contributed by atoms with van der Waals surface area (Å²) in [7, 11) is -1.98. The van der Waals surface area contributed by atoms with Gasteiger partial charge in [-0.3, -0.25) is 9.10 Å². The van der Waals surface area contributed by atoms with E-state index in [2.05, 4.69) is 5.32 Å². The highest BCUT2D eigenvalue weighted by Gasteiger charge is 2.40. The van der Waals surface area contributed by atoms with Crippen molar-refractivity contribution in [1.29, 1.82) is 0 Å². The minimum Gasteiger partial charge on any atom is -0.380 e. The van der Waals surface area contributed by atoms with E-state index in [4.69, 9.17) is 21.4 Å². The first-order valence-electron chi connectivity index (χ1n) is 11.2. The number of nitrogens with zero attached hydrogens (tertiary/aromatic N) is 3. The summed E-state index contributed by atoms with van der Waals surface area (Å²) in [6.45, 7) is 3.40. The van der Waals surface area contributed by atoms with E-state index in [-0.39, 0.29) is 17.2 Å². The lowest BCUT2D eigenvalue weighted by Crippen LogP contribution is -2.50. The van der Waals surface area contributed by atoms with E-state index in [1.807, 2.05) is 19.1 Å². The van der Waals surface area contributed by atoms with Crippen LogP contribution in [0.2, 0.25) is 5.02 Å². The number of carbonyl (C=O) groups is 1. The summed E-state index contributed by atoms with van der Waals surface area (Å²) in [4.78, 5) is 12.9. The van der Waals surface area contributed by atoms with Crippen molar-refractivity contribution in [3.8, 4) is 5.69 Å². The first-order valence-corrected chi connectivity index (χ1v) is 13.4. The monoisotopic (exact) mass is 502 g/mol. The largest absolute Gasteiger partial charge is 0.380 e. The van der Waals surface area contributed by atoms with E-state index in [0.29, 0.717) is 52.8 Å². The molecule has 2 aromatic carbocycles. The molecule has 0 atom stereocenters. The molecule has 10 heteroatoms. The second kappa shape index (κ2) is 8.25. The zero-order valence-corrected chi connectivity index (χ0v) is 20.9. The molecule has 3 aromatic rings. The molecule has 8 nitrogen and oxygen atoms in total. The Morgan fingerprint density at radius 2 is 1.94 bits per heavy atom. The van der Waals surface area contributed by atoms with Crippen LogP contribution in [-0.4, -0.2) is 57.2 Å². The lowest BCUT2D eigenvalue weighted by atomic mass is 9.88. The Morgan fingerprint density at radius 3 is 2.47 bits per heavy atom. The molecule has 34 heavy (non-hydrogen) atoms. The summed E-state index contributed by atoms with van der Waals surface area (Å²) in [5.74, 6) is -0.0171. The molecule has 2 aliphatic rings. The smallest absolute Gasteiger partial charge is 0.270 e. The topological polar surface area (TPSA) is 93.5 Å². The van der Waals surface area contributed by atoms with E-state index in [1.165, 1.54) is 10.6 Å². The van der Waals surface area contributed by atoms with Crippen LogP contribution in [-0.2, 0) is 14.8 Å². The van der Waals surface area contributed by atoms with Crippen LogP contribution < -0.4 is 9.62 Å². The maximum atomic E-state index is 12.9. The average Bonchev–Trinajstić information content (AvgIpc) is 3.55. The van der Waals surface area contributed by atoms with Crippen molar-refractivity contribution in [2.24, 2.45) is 5.41 Å². The number of carbonyl (C=O) groups excluding carboxylic acids is 1. The number of hydrogen-bond donors (Lipinski definition) is 1. The third-order valence-electron chi connectivity index (χ3n) is 6.45. The molecule has 180 valence electrons. The highest BCUT2D eigenvalue weighted by molar-refractivity contribution is 7.92. The maximum absolute atomic E-state index is 12.9. The quantitative estimate of drug-likeness (QED) is 0.531. The van der Waals surface area contributed by atoms with Gasteiger partial charge in [-0.1, -0.05) is 18.5 Å². The first-order chi connectivity index (χ1) is 16.1. The number of anilines is 1. The molecule has 2 heterocycles.